The topological polar surface area (TPSA) is 98.9 Å². The molecule has 0 bridgehead atoms. The van der Waals surface area contributed by atoms with E-state index in [1.165, 1.54) is 28.7 Å². The van der Waals surface area contributed by atoms with Crippen molar-refractivity contribution in [2.24, 2.45) is 0 Å². The Hall–Kier alpha value is -3.59. The Bertz CT molecular complexity index is 1270. The molecule has 0 aliphatic carbocycles. The van der Waals surface area contributed by atoms with Gasteiger partial charge in [-0.05, 0) is 73.9 Å². The summed E-state index contributed by atoms with van der Waals surface area (Å²) in [4.78, 5) is 2.31. The number of anilines is 1. The van der Waals surface area contributed by atoms with E-state index < -0.39 is 5.90 Å². The number of nitrogens with one attached hydrogen (secondary N) is 2. The fraction of sp³-hybridized carbons (Fsp3) is 0.290. The van der Waals surface area contributed by atoms with E-state index in [0.717, 1.165) is 18.7 Å². The van der Waals surface area contributed by atoms with Crippen molar-refractivity contribution in [1.82, 2.24) is 0 Å². The molecule has 39 heavy (non-hydrogen) atoms. The first-order valence-corrected chi connectivity index (χ1v) is 12.6. The van der Waals surface area contributed by atoms with E-state index >= 15 is 0 Å². The van der Waals surface area contributed by atoms with E-state index in [9.17, 15) is 0 Å². The van der Waals surface area contributed by atoms with Crippen molar-refractivity contribution in [3.05, 3.63) is 101 Å². The summed E-state index contributed by atoms with van der Waals surface area (Å²) in [6.45, 7) is 6.27. The minimum Gasteiger partial charge on any atom is -0.497 e. The second-order valence-electron chi connectivity index (χ2n) is 9.06. The van der Waals surface area contributed by atoms with Crippen molar-refractivity contribution in [1.29, 1.82) is 10.8 Å². The van der Waals surface area contributed by atoms with Gasteiger partial charge in [-0.3, -0.25) is 5.41 Å². The van der Waals surface area contributed by atoms with Crippen LogP contribution in [0.5, 0.6) is 11.5 Å². The Morgan fingerprint density at radius 3 is 2.33 bits per heavy atom. The Morgan fingerprint density at radius 2 is 1.72 bits per heavy atom. The van der Waals surface area contributed by atoms with Gasteiger partial charge in [-0.25, -0.2) is 0 Å². The van der Waals surface area contributed by atoms with Gasteiger partial charge in [0.25, 0.3) is 0 Å². The Morgan fingerprint density at radius 1 is 0.974 bits per heavy atom. The van der Waals surface area contributed by atoms with Gasteiger partial charge in [0.15, 0.2) is 0 Å². The van der Waals surface area contributed by atoms with Crippen LogP contribution in [0.4, 0.5) is 5.69 Å². The zero-order chi connectivity index (χ0) is 27.5. The number of fused-ring (bicyclic) bond motifs is 1. The van der Waals surface area contributed by atoms with Gasteiger partial charge in [0.2, 0.25) is 5.90 Å². The van der Waals surface area contributed by atoms with Crippen molar-refractivity contribution in [2.45, 2.75) is 25.7 Å². The minimum absolute atomic E-state index is 0. The molecule has 0 amide bonds. The van der Waals surface area contributed by atoms with Crippen molar-refractivity contribution in [3.63, 3.8) is 0 Å². The van der Waals surface area contributed by atoms with Crippen LogP contribution in [0.3, 0.4) is 0 Å². The van der Waals surface area contributed by atoms with Gasteiger partial charge >= 0.3 is 0 Å². The van der Waals surface area contributed by atoms with Crippen LogP contribution in [0.2, 0.25) is 0 Å². The van der Waals surface area contributed by atoms with Crippen LogP contribution >= 0.6 is 0 Å². The zero-order valence-electron chi connectivity index (χ0n) is 22.9. The monoisotopic (exact) mass is 574 g/mol. The van der Waals surface area contributed by atoms with E-state index in [2.05, 4.69) is 55.1 Å². The predicted molar refractivity (Wildman–Crippen MR) is 154 cm³/mol. The summed E-state index contributed by atoms with van der Waals surface area (Å²) < 4.78 is 15.6. The summed E-state index contributed by atoms with van der Waals surface area (Å²) in [5, 5.41) is 23.6. The number of aliphatic hydroxyl groups is 1. The fourth-order valence-electron chi connectivity index (χ4n) is 4.74. The van der Waals surface area contributed by atoms with Crippen LogP contribution in [0.25, 0.3) is 0 Å². The average molecular weight is 575 g/mol. The number of benzene rings is 3. The zero-order valence-corrected chi connectivity index (χ0v) is 23.9. The molecule has 3 aromatic carbocycles. The molecule has 3 aromatic rings. The summed E-state index contributed by atoms with van der Waals surface area (Å²) in [7, 11) is 3.31. The van der Waals surface area contributed by atoms with Crippen LogP contribution in [-0.2, 0) is 33.4 Å². The number of nitrogens with zero attached hydrogens (tertiary/aromatic N) is 1. The SMILES string of the molecule is CCN1/C(=C\C=N)C(C)(Cc2ccccc2)c2cc(OC)ccc21.COCCOc1cccc(C(=N)O)c1.[Co]. The summed E-state index contributed by atoms with van der Waals surface area (Å²) in [6.07, 6.45) is 4.22. The molecule has 209 valence electrons. The molecule has 7 nitrogen and oxygen atoms in total. The Kier molecular flexibility index (Phi) is 12.3. The Balaban J connectivity index is 0.000000306. The number of ether oxygens (including phenoxy) is 3. The second-order valence-corrected chi connectivity index (χ2v) is 9.06. The first-order valence-electron chi connectivity index (χ1n) is 12.6. The normalized spacial score (nSPS) is 16.4. The quantitative estimate of drug-likeness (QED) is 0.153. The van der Waals surface area contributed by atoms with Crippen LogP contribution in [0, 0.1) is 10.8 Å². The van der Waals surface area contributed by atoms with Gasteiger partial charge in [-0.15, -0.1) is 0 Å². The van der Waals surface area contributed by atoms with Gasteiger partial charge in [0.05, 0.1) is 13.7 Å². The van der Waals surface area contributed by atoms with Gasteiger partial charge in [-0.2, -0.15) is 0 Å². The van der Waals surface area contributed by atoms with E-state index in [1.807, 2.05) is 18.2 Å². The number of hydrogen-bond acceptors (Lipinski definition) is 6. The molecule has 1 aliphatic rings. The van der Waals surface area contributed by atoms with Gasteiger partial charge in [0, 0.05) is 59.0 Å². The first kappa shape index (κ1) is 31.6. The van der Waals surface area contributed by atoms with E-state index in [1.54, 1.807) is 38.5 Å². The molecule has 1 aliphatic heterocycles. The third kappa shape index (κ3) is 7.72. The molecule has 8 heteroatoms. The molecule has 0 spiro atoms. The molecule has 1 radical (unpaired) electrons. The molecule has 0 saturated carbocycles. The predicted octanol–water partition coefficient (Wildman–Crippen LogP) is 6.16. The summed E-state index contributed by atoms with van der Waals surface area (Å²) in [5.74, 6) is 1.04. The third-order valence-electron chi connectivity index (χ3n) is 6.57. The Labute approximate surface area is 241 Å². The number of likely N-dealkylation sites (N-methyl/N-ethyl adjacent to an activating group) is 1. The van der Waals surface area contributed by atoms with Crippen LogP contribution in [0.1, 0.15) is 30.5 Å². The molecule has 1 atom stereocenters. The number of methoxy groups -OCH3 is 2. The van der Waals surface area contributed by atoms with Gasteiger partial charge in [0.1, 0.15) is 18.1 Å². The second kappa shape index (κ2) is 15.1. The molecule has 0 saturated heterocycles. The van der Waals surface area contributed by atoms with E-state index in [-0.39, 0.29) is 22.2 Å². The van der Waals surface area contributed by atoms with Crippen molar-refractivity contribution >= 4 is 17.8 Å². The van der Waals surface area contributed by atoms with E-state index in [4.69, 9.17) is 30.1 Å². The molecule has 1 heterocycles. The summed E-state index contributed by atoms with van der Waals surface area (Å²) >= 11 is 0. The molecule has 3 N–H and O–H groups in total. The largest absolute Gasteiger partial charge is 0.497 e. The average Bonchev–Trinajstić information content (AvgIpc) is 3.16. The van der Waals surface area contributed by atoms with Crippen molar-refractivity contribution < 1.29 is 36.1 Å². The fourth-order valence-corrected chi connectivity index (χ4v) is 4.74. The van der Waals surface area contributed by atoms with Gasteiger partial charge < -0.3 is 29.6 Å². The summed E-state index contributed by atoms with van der Waals surface area (Å²) in [6, 6.07) is 23.6. The third-order valence-corrected chi connectivity index (χ3v) is 6.57. The minimum atomic E-state index is -0.456. The number of hydrogen-bond donors (Lipinski definition) is 3. The molecule has 0 fully saturated rings. The number of aliphatic hydroxyl groups excluding tert-OH is 1. The maximum atomic E-state index is 8.92. The smallest absolute Gasteiger partial charge is 0.210 e. The molecular weight excluding hydrogens is 537 g/mol. The maximum absolute atomic E-state index is 8.92. The molecular formula is C31H37CoN3O4. The van der Waals surface area contributed by atoms with Gasteiger partial charge in [-0.1, -0.05) is 36.4 Å². The first-order chi connectivity index (χ1) is 18.4. The summed E-state index contributed by atoms with van der Waals surface area (Å²) in [5.41, 5.74) is 5.21. The maximum Gasteiger partial charge on any atom is 0.210 e. The molecule has 0 aromatic heterocycles. The standard InChI is InChI=1S/C21H24N2O.C10H13NO3.Co/c1-4-23-19-11-10-17(24-3)14-18(19)21(2,20(23)12-13-22)15-16-8-6-5-7-9-16;1-13-5-6-14-9-4-2-3-8(7-9)10(11)12;/h5-14,22H,4,15H2,1-3H3;2-4,7H,5-6H2,1H3,(H2,11,12);/b20-12-,22-13?;;. The molecule has 4 rings (SSSR count). The molecule has 1 unspecified atom stereocenters. The van der Waals surface area contributed by atoms with E-state index in [0.29, 0.717) is 24.5 Å². The van der Waals surface area contributed by atoms with Crippen LogP contribution in [-0.4, -0.2) is 51.2 Å². The number of rotatable bonds is 10. The number of allylic oxidation sites excluding steroid dienone is 2. The van der Waals surface area contributed by atoms with Crippen LogP contribution in [0.15, 0.2) is 84.6 Å². The van der Waals surface area contributed by atoms with Crippen molar-refractivity contribution in [3.8, 4) is 11.5 Å². The van der Waals surface area contributed by atoms with Crippen molar-refractivity contribution in [2.75, 3.05) is 38.9 Å². The van der Waals surface area contributed by atoms with Crippen LogP contribution < -0.4 is 14.4 Å².